The maximum absolute atomic E-state index is 13.0. The number of nitro benzene ring substituents is 1. The molecular formula is C23H17N3O7. The Kier molecular flexibility index (Phi) is 5.49. The summed E-state index contributed by atoms with van der Waals surface area (Å²) in [5.74, 6) is -0.494. The third kappa shape index (κ3) is 4.09. The van der Waals surface area contributed by atoms with Crippen molar-refractivity contribution in [1.29, 1.82) is 0 Å². The van der Waals surface area contributed by atoms with Crippen LogP contribution in [0.4, 0.5) is 11.4 Å². The van der Waals surface area contributed by atoms with E-state index in [-0.39, 0.29) is 22.6 Å². The summed E-state index contributed by atoms with van der Waals surface area (Å²) >= 11 is 0. The van der Waals surface area contributed by atoms with Gasteiger partial charge in [0.25, 0.3) is 11.6 Å². The molecule has 0 saturated carbocycles. The molecule has 0 aliphatic carbocycles. The third-order valence-corrected chi connectivity index (χ3v) is 4.98. The number of aromatic carboxylic acids is 1. The third-order valence-electron chi connectivity index (χ3n) is 4.98. The number of nitrogens with zero attached hydrogens (tertiary/aromatic N) is 3. The van der Waals surface area contributed by atoms with Crippen molar-refractivity contribution in [3.05, 3.63) is 81.6 Å². The molecule has 0 atom stereocenters. The number of ether oxygens (including phenoxy) is 1. The number of nitro groups is 1. The quantitative estimate of drug-likeness (QED) is 0.337. The molecule has 1 aliphatic heterocycles. The van der Waals surface area contributed by atoms with Gasteiger partial charge >= 0.3 is 5.97 Å². The highest BCUT2D eigenvalue weighted by Crippen LogP contribution is 2.35. The molecule has 0 unspecified atom stereocenters. The lowest BCUT2D eigenvalue weighted by Gasteiger charge is -2.12. The van der Waals surface area contributed by atoms with Gasteiger partial charge in [0, 0.05) is 6.07 Å². The number of carboxylic acids is 1. The lowest BCUT2D eigenvalue weighted by atomic mass is 10.1. The monoisotopic (exact) mass is 447 g/mol. The van der Waals surface area contributed by atoms with Gasteiger partial charge in [0.05, 0.1) is 46.2 Å². The highest BCUT2D eigenvalue weighted by atomic mass is 16.6. The SMILES string of the molecule is COc1cc([N+](=O)[O-])ccc1-c1ccc(C=C2C(=O)N(c3cccc(C(=O)O)c3)N=C2C)o1. The number of benzene rings is 2. The molecule has 1 amide bonds. The second-order valence-electron chi connectivity index (χ2n) is 7.06. The summed E-state index contributed by atoms with van der Waals surface area (Å²) < 4.78 is 11.1. The first-order valence-corrected chi connectivity index (χ1v) is 9.66. The molecule has 0 spiro atoms. The average Bonchev–Trinajstić information content (AvgIpc) is 3.38. The predicted octanol–water partition coefficient (Wildman–Crippen LogP) is 4.37. The highest BCUT2D eigenvalue weighted by molar-refractivity contribution is 6.32. The fourth-order valence-electron chi connectivity index (χ4n) is 3.34. The minimum Gasteiger partial charge on any atom is -0.496 e. The number of carbonyl (C=O) groups excluding carboxylic acids is 1. The zero-order valence-electron chi connectivity index (χ0n) is 17.5. The lowest BCUT2D eigenvalue weighted by Crippen LogP contribution is -2.21. The Bertz CT molecular complexity index is 1350. The van der Waals surface area contributed by atoms with Crippen LogP contribution in [-0.4, -0.2) is 34.7 Å². The molecule has 10 heteroatoms. The van der Waals surface area contributed by atoms with Crippen molar-refractivity contribution in [2.24, 2.45) is 5.10 Å². The van der Waals surface area contributed by atoms with Crippen LogP contribution in [0.2, 0.25) is 0 Å². The van der Waals surface area contributed by atoms with Crippen molar-refractivity contribution in [3.63, 3.8) is 0 Å². The first kappa shape index (κ1) is 21.5. The van der Waals surface area contributed by atoms with Crippen molar-refractivity contribution in [2.75, 3.05) is 12.1 Å². The number of furan rings is 1. The summed E-state index contributed by atoms with van der Waals surface area (Å²) in [5.41, 5.74) is 1.50. The number of hydrogen-bond acceptors (Lipinski definition) is 7. The number of rotatable bonds is 6. The van der Waals surface area contributed by atoms with Gasteiger partial charge in [-0.2, -0.15) is 10.1 Å². The Hall–Kier alpha value is -4.73. The first-order chi connectivity index (χ1) is 15.8. The molecule has 2 heterocycles. The Labute approximate surface area is 187 Å². The second-order valence-corrected chi connectivity index (χ2v) is 7.06. The van der Waals surface area contributed by atoms with E-state index in [0.29, 0.717) is 28.5 Å². The fourth-order valence-corrected chi connectivity index (χ4v) is 3.34. The number of hydrogen-bond donors (Lipinski definition) is 1. The van der Waals surface area contributed by atoms with Crippen molar-refractivity contribution in [2.45, 2.75) is 6.92 Å². The predicted molar refractivity (Wildman–Crippen MR) is 119 cm³/mol. The average molecular weight is 447 g/mol. The van der Waals surface area contributed by atoms with Crippen LogP contribution in [0.1, 0.15) is 23.0 Å². The molecule has 0 radical (unpaired) electrons. The van der Waals surface area contributed by atoms with Gasteiger partial charge < -0.3 is 14.3 Å². The van der Waals surface area contributed by atoms with Gasteiger partial charge in [-0.15, -0.1) is 0 Å². The van der Waals surface area contributed by atoms with Crippen molar-refractivity contribution >= 4 is 35.0 Å². The van der Waals surface area contributed by atoms with Crippen molar-refractivity contribution < 1.29 is 28.8 Å². The van der Waals surface area contributed by atoms with Gasteiger partial charge in [-0.1, -0.05) is 6.07 Å². The Balaban J connectivity index is 1.63. The molecule has 1 N–H and O–H groups in total. The summed E-state index contributed by atoms with van der Waals surface area (Å²) in [7, 11) is 1.40. The molecule has 0 bridgehead atoms. The zero-order valence-corrected chi connectivity index (χ0v) is 17.5. The maximum atomic E-state index is 13.0. The Morgan fingerprint density at radius 2 is 2.00 bits per heavy atom. The number of methoxy groups -OCH3 is 1. The van der Waals surface area contributed by atoms with E-state index in [4.69, 9.17) is 9.15 Å². The second kappa shape index (κ2) is 8.42. The number of amides is 1. The molecule has 1 aromatic heterocycles. The molecule has 0 saturated heterocycles. The largest absolute Gasteiger partial charge is 0.496 e. The van der Waals surface area contributed by atoms with Crippen molar-refractivity contribution in [1.82, 2.24) is 0 Å². The van der Waals surface area contributed by atoms with Crippen LogP contribution >= 0.6 is 0 Å². The number of carboxylic acid groups (broad SMARTS) is 1. The van der Waals surface area contributed by atoms with E-state index in [9.17, 15) is 24.8 Å². The zero-order chi connectivity index (χ0) is 23.7. The van der Waals surface area contributed by atoms with Crippen LogP contribution < -0.4 is 9.75 Å². The smallest absolute Gasteiger partial charge is 0.335 e. The minimum absolute atomic E-state index is 0.0401. The standard InChI is InChI=1S/C23H17N3O7/c1-13-19(22(27)25(24-13)15-5-3-4-14(10-15)23(28)29)12-17-7-9-20(33-17)18-8-6-16(26(30)31)11-21(18)32-2/h3-12H,1-2H3,(H,28,29). The van der Waals surface area contributed by atoms with Crippen LogP contribution in [0.3, 0.4) is 0 Å². The molecule has 3 aromatic rings. The number of non-ortho nitro benzene ring substituents is 1. The number of carbonyl (C=O) groups is 2. The molecule has 33 heavy (non-hydrogen) atoms. The first-order valence-electron chi connectivity index (χ1n) is 9.66. The topological polar surface area (TPSA) is 135 Å². The summed E-state index contributed by atoms with van der Waals surface area (Å²) in [5, 5.41) is 25.6. The van der Waals surface area contributed by atoms with E-state index in [0.717, 1.165) is 5.01 Å². The van der Waals surface area contributed by atoms with Gasteiger partial charge in [-0.25, -0.2) is 4.79 Å². The Morgan fingerprint density at radius 1 is 1.21 bits per heavy atom. The van der Waals surface area contributed by atoms with E-state index in [1.54, 1.807) is 25.1 Å². The normalized spacial score (nSPS) is 14.5. The molecule has 10 nitrogen and oxygen atoms in total. The van der Waals surface area contributed by atoms with Gasteiger partial charge in [0.15, 0.2) is 0 Å². The minimum atomic E-state index is -1.11. The maximum Gasteiger partial charge on any atom is 0.335 e. The number of hydrazone groups is 1. The molecule has 1 aliphatic rings. The van der Waals surface area contributed by atoms with E-state index < -0.39 is 16.8 Å². The van der Waals surface area contributed by atoms with Gasteiger partial charge in [-0.3, -0.25) is 14.9 Å². The van der Waals surface area contributed by atoms with Gasteiger partial charge in [0.2, 0.25) is 0 Å². The van der Waals surface area contributed by atoms with Crippen LogP contribution in [0.5, 0.6) is 5.75 Å². The molecule has 166 valence electrons. The van der Waals surface area contributed by atoms with Crippen molar-refractivity contribution in [3.8, 4) is 17.1 Å². The molecule has 2 aromatic carbocycles. The van der Waals surface area contributed by atoms with Crippen LogP contribution in [0, 0.1) is 10.1 Å². The highest BCUT2D eigenvalue weighted by Gasteiger charge is 2.29. The number of anilines is 1. The molecule has 4 rings (SSSR count). The lowest BCUT2D eigenvalue weighted by molar-refractivity contribution is -0.384. The summed E-state index contributed by atoms with van der Waals surface area (Å²) in [6.07, 6.45) is 1.53. The van der Waals surface area contributed by atoms with E-state index in [2.05, 4.69) is 5.10 Å². The summed E-state index contributed by atoms with van der Waals surface area (Å²) in [4.78, 5) is 34.7. The van der Waals surface area contributed by atoms with Crippen LogP contribution in [-0.2, 0) is 4.79 Å². The van der Waals surface area contributed by atoms with Gasteiger partial charge in [-0.05, 0) is 49.4 Å². The van der Waals surface area contributed by atoms with E-state index in [1.165, 1.54) is 49.6 Å². The Morgan fingerprint density at radius 3 is 2.70 bits per heavy atom. The van der Waals surface area contributed by atoms with Gasteiger partial charge in [0.1, 0.15) is 17.3 Å². The van der Waals surface area contributed by atoms with E-state index in [1.807, 2.05) is 0 Å². The van der Waals surface area contributed by atoms with E-state index >= 15 is 0 Å². The molecular weight excluding hydrogens is 430 g/mol. The molecule has 0 fully saturated rings. The van der Waals surface area contributed by atoms with Crippen LogP contribution in [0.25, 0.3) is 17.4 Å². The fraction of sp³-hybridized carbons (Fsp3) is 0.0870. The summed E-state index contributed by atoms with van der Waals surface area (Å²) in [6, 6.07) is 13.4. The van der Waals surface area contributed by atoms with Crippen LogP contribution in [0.15, 0.2) is 69.7 Å². The summed E-state index contributed by atoms with van der Waals surface area (Å²) in [6.45, 7) is 1.66.